The van der Waals surface area contributed by atoms with E-state index in [0.29, 0.717) is 5.69 Å². The van der Waals surface area contributed by atoms with Crippen LogP contribution in [0.25, 0.3) is 0 Å². The van der Waals surface area contributed by atoms with Crippen LogP contribution in [0.3, 0.4) is 0 Å². The number of halogens is 1. The summed E-state index contributed by atoms with van der Waals surface area (Å²) in [6.07, 6.45) is 0. The summed E-state index contributed by atoms with van der Waals surface area (Å²) >= 11 is 3.24. The van der Waals surface area contributed by atoms with Gasteiger partial charge in [-0.05, 0) is 24.3 Å². The minimum Gasteiger partial charge on any atom is -0.480 e. The Hall–Kier alpha value is -1.12. The smallest absolute Gasteiger partial charge is 0.323 e. The monoisotopic (exact) mass is 320 g/mol. The maximum absolute atomic E-state index is 11.7. The maximum Gasteiger partial charge on any atom is 0.323 e. The highest BCUT2D eigenvalue weighted by molar-refractivity contribution is 9.10. The molecule has 0 radical (unpaired) electrons. The number of carboxylic acids is 1. The van der Waals surface area contributed by atoms with Gasteiger partial charge in [0.2, 0.25) is 0 Å². The average Bonchev–Trinajstić information content (AvgIpc) is 2.56. The molecule has 1 aliphatic heterocycles. The summed E-state index contributed by atoms with van der Waals surface area (Å²) in [5.41, 5.74) is 0.435. The average molecular weight is 321 g/mol. The van der Waals surface area contributed by atoms with Crippen molar-refractivity contribution in [1.82, 2.24) is 4.72 Å². The number of carboxylic acid groups (broad SMARTS) is 1. The van der Waals surface area contributed by atoms with Crippen LogP contribution in [0, 0.1) is 0 Å². The maximum atomic E-state index is 11.7. The van der Waals surface area contributed by atoms with Gasteiger partial charge < -0.3 is 5.11 Å². The van der Waals surface area contributed by atoms with Crippen molar-refractivity contribution in [1.29, 1.82) is 0 Å². The van der Waals surface area contributed by atoms with Gasteiger partial charge in [-0.2, -0.15) is 13.1 Å². The van der Waals surface area contributed by atoms with E-state index in [2.05, 4.69) is 20.7 Å². The highest BCUT2D eigenvalue weighted by Crippen LogP contribution is 2.23. The van der Waals surface area contributed by atoms with Crippen molar-refractivity contribution in [2.45, 2.75) is 6.04 Å². The predicted molar refractivity (Wildman–Crippen MR) is 65.0 cm³/mol. The van der Waals surface area contributed by atoms with Gasteiger partial charge in [0.15, 0.2) is 0 Å². The third-order valence-electron chi connectivity index (χ3n) is 2.34. The predicted octanol–water partition coefficient (Wildman–Crippen LogP) is 0.557. The summed E-state index contributed by atoms with van der Waals surface area (Å²) in [5.74, 6) is -1.19. The minimum absolute atomic E-state index is 0.112. The molecule has 17 heavy (non-hydrogen) atoms. The Morgan fingerprint density at radius 1 is 1.41 bits per heavy atom. The molecule has 6 nitrogen and oxygen atoms in total. The number of hydrogen-bond donors (Lipinski definition) is 2. The molecule has 0 spiro atoms. The number of nitrogens with zero attached hydrogens (tertiary/aromatic N) is 1. The molecule has 0 bridgehead atoms. The van der Waals surface area contributed by atoms with Crippen molar-refractivity contribution in [2.24, 2.45) is 0 Å². The van der Waals surface area contributed by atoms with Crippen molar-refractivity contribution >= 4 is 37.8 Å². The number of aliphatic carboxylic acids is 1. The lowest BCUT2D eigenvalue weighted by atomic mass is 10.3. The third-order valence-corrected chi connectivity index (χ3v) is 4.39. The quantitative estimate of drug-likeness (QED) is 0.833. The van der Waals surface area contributed by atoms with Crippen molar-refractivity contribution < 1.29 is 18.3 Å². The van der Waals surface area contributed by atoms with Gasteiger partial charge in [0.25, 0.3) is 0 Å². The van der Waals surface area contributed by atoms with E-state index >= 15 is 0 Å². The lowest BCUT2D eigenvalue weighted by Gasteiger charge is -2.15. The first kappa shape index (κ1) is 12.3. The molecular formula is C9H9BrN2O4S. The van der Waals surface area contributed by atoms with Crippen LogP contribution in [0.4, 0.5) is 5.69 Å². The highest BCUT2D eigenvalue weighted by Gasteiger charge is 2.39. The first-order chi connectivity index (χ1) is 7.90. The minimum atomic E-state index is -3.76. The summed E-state index contributed by atoms with van der Waals surface area (Å²) in [4.78, 5) is 10.8. The van der Waals surface area contributed by atoms with E-state index < -0.39 is 22.2 Å². The lowest BCUT2D eigenvalue weighted by Crippen LogP contribution is -2.34. The van der Waals surface area contributed by atoms with Crippen molar-refractivity contribution in [3.8, 4) is 0 Å². The topological polar surface area (TPSA) is 86.7 Å². The molecular weight excluding hydrogens is 312 g/mol. The number of hydrogen-bond acceptors (Lipinski definition) is 3. The van der Waals surface area contributed by atoms with E-state index in [1.807, 2.05) is 0 Å². The number of anilines is 1. The Morgan fingerprint density at radius 3 is 2.47 bits per heavy atom. The van der Waals surface area contributed by atoms with Crippen molar-refractivity contribution in [3.63, 3.8) is 0 Å². The molecule has 2 rings (SSSR count). The molecule has 0 amide bonds. The van der Waals surface area contributed by atoms with Crippen molar-refractivity contribution in [2.75, 3.05) is 10.8 Å². The zero-order chi connectivity index (χ0) is 12.6. The van der Waals surface area contributed by atoms with Crippen LogP contribution >= 0.6 is 15.9 Å². The molecule has 1 heterocycles. The van der Waals surface area contributed by atoms with Gasteiger partial charge in [-0.25, -0.2) is 0 Å². The van der Waals surface area contributed by atoms with Crippen LogP contribution in [0.2, 0.25) is 0 Å². The van der Waals surface area contributed by atoms with Gasteiger partial charge in [-0.15, -0.1) is 0 Å². The molecule has 1 unspecified atom stereocenters. The normalized spacial score (nSPS) is 22.6. The van der Waals surface area contributed by atoms with E-state index in [1.54, 1.807) is 24.3 Å². The number of carbonyl (C=O) groups is 1. The van der Waals surface area contributed by atoms with Gasteiger partial charge in [0, 0.05) is 4.47 Å². The Bertz CT molecular complexity index is 543. The van der Waals surface area contributed by atoms with Crippen LogP contribution in [-0.2, 0) is 15.0 Å². The molecule has 1 aromatic carbocycles. The molecule has 1 aromatic rings. The SMILES string of the molecule is O=C(O)C1CN(c2ccc(Br)cc2)S(=O)(=O)N1. The van der Waals surface area contributed by atoms with Gasteiger partial charge in [0.1, 0.15) is 6.04 Å². The summed E-state index contributed by atoms with van der Waals surface area (Å²) < 4.78 is 27.3. The standard InChI is InChI=1S/C9H9BrN2O4S/c10-6-1-3-7(4-2-6)12-5-8(9(13)14)11-17(12,15)16/h1-4,8,11H,5H2,(H,13,14). The summed E-state index contributed by atoms with van der Waals surface area (Å²) in [6, 6.07) is 5.49. The van der Waals surface area contributed by atoms with E-state index in [1.165, 1.54) is 0 Å². The van der Waals surface area contributed by atoms with Crippen LogP contribution in [0.15, 0.2) is 28.7 Å². The molecule has 1 saturated heterocycles. The largest absolute Gasteiger partial charge is 0.480 e. The van der Waals surface area contributed by atoms with Crippen LogP contribution in [0.5, 0.6) is 0 Å². The number of nitrogens with one attached hydrogen (secondary N) is 1. The summed E-state index contributed by atoms with van der Waals surface area (Å²) in [7, 11) is -3.76. The molecule has 0 aliphatic carbocycles. The van der Waals surface area contributed by atoms with Gasteiger partial charge >= 0.3 is 16.2 Å². The second-order valence-corrected chi connectivity index (χ2v) is 6.06. The fourth-order valence-electron chi connectivity index (χ4n) is 1.52. The van der Waals surface area contributed by atoms with E-state index in [-0.39, 0.29) is 6.54 Å². The fraction of sp³-hybridized carbons (Fsp3) is 0.222. The van der Waals surface area contributed by atoms with E-state index in [4.69, 9.17) is 5.11 Å². The van der Waals surface area contributed by atoms with E-state index in [0.717, 1.165) is 8.78 Å². The summed E-state index contributed by atoms with van der Waals surface area (Å²) in [6.45, 7) is -0.112. The van der Waals surface area contributed by atoms with Crippen LogP contribution in [-0.4, -0.2) is 32.1 Å². The molecule has 1 atom stereocenters. The molecule has 0 saturated carbocycles. The Kier molecular flexibility index (Phi) is 3.11. The van der Waals surface area contributed by atoms with Gasteiger partial charge in [-0.1, -0.05) is 15.9 Å². The molecule has 1 aliphatic rings. The molecule has 8 heteroatoms. The molecule has 0 aromatic heterocycles. The molecule has 92 valence electrons. The van der Waals surface area contributed by atoms with Gasteiger partial charge in [0.05, 0.1) is 12.2 Å². The zero-order valence-corrected chi connectivity index (χ0v) is 10.9. The van der Waals surface area contributed by atoms with Crippen molar-refractivity contribution in [3.05, 3.63) is 28.7 Å². The summed E-state index contributed by atoms with van der Waals surface area (Å²) in [5, 5.41) is 8.79. The highest BCUT2D eigenvalue weighted by atomic mass is 79.9. The molecule has 1 fully saturated rings. The Morgan fingerprint density at radius 2 is 2.00 bits per heavy atom. The van der Waals surface area contributed by atoms with Crippen LogP contribution in [0.1, 0.15) is 0 Å². The first-order valence-corrected chi connectivity index (χ1v) is 6.92. The van der Waals surface area contributed by atoms with Gasteiger partial charge in [-0.3, -0.25) is 9.10 Å². The lowest BCUT2D eigenvalue weighted by molar-refractivity contribution is -0.138. The second-order valence-electron chi connectivity index (χ2n) is 3.52. The first-order valence-electron chi connectivity index (χ1n) is 4.68. The number of benzene rings is 1. The second kappa shape index (κ2) is 4.28. The Labute approximate surface area is 107 Å². The Balaban J connectivity index is 2.33. The van der Waals surface area contributed by atoms with E-state index in [9.17, 15) is 13.2 Å². The number of rotatable bonds is 2. The fourth-order valence-corrected chi connectivity index (χ4v) is 3.20. The zero-order valence-electron chi connectivity index (χ0n) is 8.50. The molecule has 2 N–H and O–H groups in total. The third kappa shape index (κ3) is 2.43. The van der Waals surface area contributed by atoms with Crippen LogP contribution < -0.4 is 9.03 Å².